The minimum absolute atomic E-state index is 0.0228. The topological polar surface area (TPSA) is 325 Å². The fourth-order valence-electron chi connectivity index (χ4n) is 7.69. The van der Waals surface area contributed by atoms with Gasteiger partial charge in [-0.3, -0.25) is 38.4 Å². The maximum Gasteiger partial charge on any atom is 0.331 e. The number of aliphatic hydroxyl groups excluding tert-OH is 2. The third-order valence-electron chi connectivity index (χ3n) is 11.7. The Hall–Kier alpha value is -8.17. The van der Waals surface area contributed by atoms with Gasteiger partial charge in [0, 0.05) is 19.5 Å². The lowest BCUT2D eigenvalue weighted by molar-refractivity contribution is -0.157. The molecule has 21 heteroatoms. The molecular weight excluding hydrogens is 969 g/mol. The molecule has 0 radical (unpaired) electrons. The number of amides is 8. The van der Waals surface area contributed by atoms with Crippen molar-refractivity contribution in [2.45, 2.75) is 115 Å². The first-order valence-electron chi connectivity index (χ1n) is 24.5. The van der Waals surface area contributed by atoms with Crippen LogP contribution in [0.4, 0.5) is 0 Å². The molecule has 0 bridgehead atoms. The first-order chi connectivity index (χ1) is 35.6. The fraction of sp³-hybridized carbons (Fsp3) is 0.389. The molecule has 1 fully saturated rings. The van der Waals surface area contributed by atoms with Crippen LogP contribution in [0.2, 0.25) is 0 Å². The van der Waals surface area contributed by atoms with E-state index in [4.69, 9.17) is 10.5 Å². The van der Waals surface area contributed by atoms with Gasteiger partial charge >= 0.3 is 5.97 Å². The Balaban J connectivity index is 1.91. The van der Waals surface area contributed by atoms with Gasteiger partial charge < -0.3 is 62.6 Å². The van der Waals surface area contributed by atoms with Crippen molar-refractivity contribution >= 4 is 71.5 Å². The maximum atomic E-state index is 14.9. The van der Waals surface area contributed by atoms with Crippen molar-refractivity contribution in [3.8, 4) is 5.75 Å². The largest absolute Gasteiger partial charge is 0.508 e. The molecule has 0 aromatic heterocycles. The molecule has 402 valence electrons. The number of unbranched alkanes of at least 4 members (excludes halogenated alkanes) is 1. The molecule has 2 unspecified atom stereocenters. The van der Waals surface area contributed by atoms with Gasteiger partial charge in [-0.25, -0.2) is 4.79 Å². The zero-order chi connectivity index (χ0) is 55.4. The highest BCUT2D eigenvalue weighted by atomic mass is 16.5. The number of carbonyl (C=O) groups excluding carboxylic acids is 9. The van der Waals surface area contributed by atoms with Gasteiger partial charge in [0.15, 0.2) is 6.04 Å². The second-order valence-corrected chi connectivity index (χ2v) is 18.4. The molecule has 21 nitrogen and oxygen atoms in total. The highest BCUT2D eigenvalue weighted by Crippen LogP contribution is 2.19. The van der Waals surface area contributed by atoms with Gasteiger partial charge in [0.2, 0.25) is 35.4 Å². The van der Waals surface area contributed by atoms with E-state index in [0.29, 0.717) is 11.1 Å². The summed E-state index contributed by atoms with van der Waals surface area (Å²) in [5, 5.41) is 46.0. The summed E-state index contributed by atoms with van der Waals surface area (Å²) in [6, 6.07) is 10.8. The number of aromatic hydroxyl groups is 1. The van der Waals surface area contributed by atoms with Gasteiger partial charge in [-0.15, -0.1) is 0 Å². The zero-order valence-electron chi connectivity index (χ0n) is 42.8. The summed E-state index contributed by atoms with van der Waals surface area (Å²) >= 11 is 0. The normalized spacial score (nSPS) is 23.1. The SMILES string of the molecule is CCC/C=C\c1ccccc1/C=C/C(=O)NC1C(=O)N(C)/C(=C\c2ccc(O)cc2)C(=O)N[C@@H](CC(C)C)C(=O)N[C@H](Cc2ccccc2)C(=O)N[C@@H]([C@H](C)O)C(=O)N[C@@H](CC(N)=O)C(=O)NC(CO)C(=O)O[C@@H]1C. The van der Waals surface area contributed by atoms with E-state index in [9.17, 15) is 58.5 Å². The summed E-state index contributed by atoms with van der Waals surface area (Å²) in [6.45, 7) is 6.80. The van der Waals surface area contributed by atoms with Crippen LogP contribution in [0, 0.1) is 5.92 Å². The quantitative estimate of drug-likeness (QED) is 0.0755. The number of aliphatic hydroxyl groups is 2. The highest BCUT2D eigenvalue weighted by molar-refractivity contribution is 6.05. The summed E-state index contributed by atoms with van der Waals surface area (Å²) in [7, 11) is 1.19. The minimum atomic E-state index is -1.94. The van der Waals surface area contributed by atoms with Gasteiger partial charge in [-0.2, -0.15) is 0 Å². The Morgan fingerprint density at radius 2 is 1.36 bits per heavy atom. The van der Waals surface area contributed by atoms with Crippen LogP contribution in [0.3, 0.4) is 0 Å². The van der Waals surface area contributed by atoms with Crippen LogP contribution in [0.5, 0.6) is 5.75 Å². The number of esters is 1. The number of ether oxygens (including phenoxy) is 1. The smallest absolute Gasteiger partial charge is 0.331 e. The van der Waals surface area contributed by atoms with E-state index in [-0.39, 0.29) is 30.1 Å². The molecule has 1 heterocycles. The molecule has 3 aromatic rings. The number of carbonyl (C=O) groups is 9. The summed E-state index contributed by atoms with van der Waals surface area (Å²) in [6.07, 6.45) is 5.12. The number of primary amides is 1. The van der Waals surface area contributed by atoms with E-state index in [2.05, 4.69) is 31.9 Å². The van der Waals surface area contributed by atoms with Crippen molar-refractivity contribution in [3.63, 3.8) is 0 Å². The van der Waals surface area contributed by atoms with Crippen LogP contribution in [-0.2, 0) is 54.3 Å². The van der Waals surface area contributed by atoms with E-state index in [1.165, 1.54) is 50.4 Å². The van der Waals surface area contributed by atoms with Gasteiger partial charge in [0.05, 0.1) is 19.1 Å². The second kappa shape index (κ2) is 28.9. The molecule has 8 amide bonds. The van der Waals surface area contributed by atoms with Gasteiger partial charge in [0.1, 0.15) is 47.8 Å². The number of nitrogens with one attached hydrogen (secondary N) is 6. The van der Waals surface area contributed by atoms with Crippen molar-refractivity contribution in [1.29, 1.82) is 0 Å². The highest BCUT2D eigenvalue weighted by Gasteiger charge is 2.39. The van der Waals surface area contributed by atoms with Crippen molar-refractivity contribution < 1.29 is 63.2 Å². The molecule has 0 spiro atoms. The van der Waals surface area contributed by atoms with Crippen LogP contribution in [0.1, 0.15) is 82.6 Å². The predicted octanol–water partition coefficient (Wildman–Crippen LogP) is 1.11. The lowest BCUT2D eigenvalue weighted by Crippen LogP contribution is -2.62. The molecule has 75 heavy (non-hydrogen) atoms. The molecule has 8 atom stereocenters. The summed E-state index contributed by atoms with van der Waals surface area (Å²) in [5.74, 6) is -10.1. The second-order valence-electron chi connectivity index (χ2n) is 18.4. The van der Waals surface area contributed by atoms with Crippen molar-refractivity contribution in [1.82, 2.24) is 36.8 Å². The number of rotatable bonds is 15. The predicted molar refractivity (Wildman–Crippen MR) is 278 cm³/mol. The third kappa shape index (κ3) is 18.4. The van der Waals surface area contributed by atoms with Crippen molar-refractivity contribution in [3.05, 3.63) is 119 Å². The number of phenolic OH excluding ortho intramolecular Hbond substituents is 1. The minimum Gasteiger partial charge on any atom is -0.508 e. The summed E-state index contributed by atoms with van der Waals surface area (Å²) < 4.78 is 5.63. The lowest BCUT2D eigenvalue weighted by Gasteiger charge is -2.31. The lowest BCUT2D eigenvalue weighted by atomic mass is 10.00. The number of cyclic esters (lactones) is 1. The number of benzene rings is 3. The first-order valence-corrected chi connectivity index (χ1v) is 24.5. The van der Waals surface area contributed by atoms with E-state index in [1.807, 2.05) is 31.2 Å². The number of nitrogens with zero attached hydrogens (tertiary/aromatic N) is 1. The summed E-state index contributed by atoms with van der Waals surface area (Å²) in [4.78, 5) is 127. The molecule has 1 aliphatic rings. The Morgan fingerprint density at radius 3 is 1.96 bits per heavy atom. The number of nitrogens with two attached hydrogens (primary N) is 1. The standard InChI is InChI=1S/C54H68N8O13/c1-7-8-10-17-36-18-13-14-19-37(36)22-25-45(67)60-47-33(5)75-54(74)42(30-63)59-49(69)41(29-44(55)66)58-52(72)46(32(4)64)61-50(70)40(27-34-15-11-9-12-16-34)56-48(68)39(26-31(2)3)57-51(71)43(62(6)53(47)73)28-35-20-23-38(65)24-21-35/h9-25,28,31-33,39-42,46-47,63-65H,7-8,26-27,29-30H2,1-6H3,(H2,55,66)(H,56,68)(H,57,71)(H,58,72)(H,59,69)(H,60,67)(H,61,70)/b17-10-,25-22+,43-28-/t32-,33+,39-,40+,41-,42?,46-,47?/m0/s1. The Labute approximate surface area is 435 Å². The zero-order valence-corrected chi connectivity index (χ0v) is 42.8. The fourth-order valence-corrected chi connectivity index (χ4v) is 7.69. The van der Waals surface area contributed by atoms with Crippen LogP contribution in [0.15, 0.2) is 96.7 Å². The van der Waals surface area contributed by atoms with Crippen LogP contribution in [0.25, 0.3) is 18.2 Å². The number of likely N-dealkylation sites (N-methyl/N-ethyl adjacent to an activating group) is 1. The number of hydrogen-bond acceptors (Lipinski definition) is 13. The Bertz CT molecular complexity index is 2600. The molecular formula is C54H68N8O13. The molecule has 3 aromatic carbocycles. The third-order valence-corrected chi connectivity index (χ3v) is 11.7. The molecule has 1 aliphatic heterocycles. The van der Waals surface area contributed by atoms with Crippen LogP contribution < -0.4 is 37.6 Å². The van der Waals surface area contributed by atoms with E-state index in [0.717, 1.165) is 36.3 Å². The van der Waals surface area contributed by atoms with Crippen LogP contribution >= 0.6 is 0 Å². The maximum absolute atomic E-state index is 14.9. The molecule has 0 saturated carbocycles. The number of phenols is 1. The van der Waals surface area contributed by atoms with Crippen molar-refractivity contribution in [2.75, 3.05) is 13.7 Å². The molecule has 1 saturated heterocycles. The molecule has 0 aliphatic carbocycles. The van der Waals surface area contributed by atoms with Crippen LogP contribution in [-0.4, -0.2) is 136 Å². The van der Waals surface area contributed by atoms with Gasteiger partial charge in [0.25, 0.3) is 11.8 Å². The monoisotopic (exact) mass is 1040 g/mol. The average molecular weight is 1040 g/mol. The molecule has 4 rings (SSSR count). The van der Waals surface area contributed by atoms with E-state index in [1.54, 1.807) is 56.3 Å². The Morgan fingerprint density at radius 1 is 0.773 bits per heavy atom. The molecule has 11 N–H and O–H groups in total. The van der Waals surface area contributed by atoms with E-state index >= 15 is 0 Å². The average Bonchev–Trinajstić information content (AvgIpc) is 3.36. The van der Waals surface area contributed by atoms with Gasteiger partial charge in [-0.1, -0.05) is 106 Å². The first kappa shape index (κ1) is 59.4. The number of allylic oxidation sites excluding steroid dienone is 1. The Kier molecular flexibility index (Phi) is 22.9. The summed E-state index contributed by atoms with van der Waals surface area (Å²) in [5.41, 5.74) is 7.28. The van der Waals surface area contributed by atoms with Crippen molar-refractivity contribution in [2.24, 2.45) is 11.7 Å². The van der Waals surface area contributed by atoms with Gasteiger partial charge in [-0.05, 0) is 79.1 Å². The number of hydrogen-bond donors (Lipinski definition) is 10. The van der Waals surface area contributed by atoms with E-state index < -0.39 is 120 Å².